The molecule has 1 saturated heterocycles. The van der Waals surface area contributed by atoms with Crippen LogP contribution in [0.3, 0.4) is 0 Å². The molecule has 0 N–H and O–H groups in total. The van der Waals surface area contributed by atoms with Crippen molar-refractivity contribution in [2.75, 3.05) is 6.61 Å². The number of allylic oxidation sites excluding steroid dienone is 1. The van der Waals surface area contributed by atoms with Crippen molar-refractivity contribution in [3.63, 3.8) is 0 Å². The Bertz CT molecular complexity index is 196. The normalized spacial score (nSPS) is 25.3. The number of carbonyl (C=O) groups is 1. The second kappa shape index (κ2) is 3.40. The van der Waals surface area contributed by atoms with Gasteiger partial charge in [0.05, 0.1) is 7.98 Å². The molecule has 56 valence electrons. The van der Waals surface area contributed by atoms with Crippen molar-refractivity contribution >= 4 is 5.97 Å². The van der Waals surface area contributed by atoms with Gasteiger partial charge in [-0.25, -0.2) is 4.79 Å². The molecule has 0 aromatic carbocycles. The molecule has 0 aromatic rings. The molecule has 2 nitrogen and oxygen atoms in total. The highest BCUT2D eigenvalue weighted by atomic mass is 16.5. The SMILES string of the molecule is [2H]C(CC)=C1CCCOC1=O. The second-order valence-corrected chi connectivity index (χ2v) is 2.25. The topological polar surface area (TPSA) is 26.3 Å². The molecule has 1 heterocycles. The van der Waals surface area contributed by atoms with Crippen molar-refractivity contribution in [3.05, 3.63) is 11.6 Å². The molecule has 0 radical (unpaired) electrons. The molecule has 0 aliphatic carbocycles. The van der Waals surface area contributed by atoms with Crippen LogP contribution in [0.15, 0.2) is 11.6 Å². The van der Waals surface area contributed by atoms with Crippen LogP contribution in [0.2, 0.25) is 0 Å². The molecular formula is C8H12O2. The van der Waals surface area contributed by atoms with E-state index in [0.29, 0.717) is 31.1 Å². The average molecular weight is 141 g/mol. The lowest BCUT2D eigenvalue weighted by molar-refractivity contribution is -0.141. The molecule has 0 unspecified atom stereocenters. The van der Waals surface area contributed by atoms with Gasteiger partial charge in [0.25, 0.3) is 0 Å². The smallest absolute Gasteiger partial charge is 0.333 e. The lowest BCUT2D eigenvalue weighted by Crippen LogP contribution is -2.15. The minimum atomic E-state index is -0.289. The van der Waals surface area contributed by atoms with Crippen molar-refractivity contribution in [2.24, 2.45) is 0 Å². The zero-order valence-electron chi connectivity index (χ0n) is 7.14. The van der Waals surface area contributed by atoms with Gasteiger partial charge in [0.2, 0.25) is 0 Å². The minimum Gasteiger partial charge on any atom is -0.462 e. The van der Waals surface area contributed by atoms with Gasteiger partial charge in [0.15, 0.2) is 0 Å². The predicted octanol–water partition coefficient (Wildman–Crippen LogP) is 1.66. The number of rotatable bonds is 1. The summed E-state index contributed by atoms with van der Waals surface area (Å²) in [4.78, 5) is 11.0. The van der Waals surface area contributed by atoms with Gasteiger partial charge in [-0.05, 0) is 19.3 Å². The molecule has 10 heavy (non-hydrogen) atoms. The van der Waals surface area contributed by atoms with E-state index in [0.717, 1.165) is 6.42 Å². The average Bonchev–Trinajstić information content (AvgIpc) is 2.04. The van der Waals surface area contributed by atoms with Crippen LogP contribution in [-0.2, 0) is 9.53 Å². The number of cyclic esters (lactones) is 1. The van der Waals surface area contributed by atoms with Gasteiger partial charge in [-0.3, -0.25) is 0 Å². The third kappa shape index (κ3) is 1.59. The summed E-state index contributed by atoms with van der Waals surface area (Å²) in [6.45, 7) is 2.39. The summed E-state index contributed by atoms with van der Waals surface area (Å²) >= 11 is 0. The highest BCUT2D eigenvalue weighted by Gasteiger charge is 2.14. The molecule has 0 aromatic heterocycles. The molecule has 1 fully saturated rings. The van der Waals surface area contributed by atoms with Gasteiger partial charge >= 0.3 is 5.97 Å². The molecule has 2 heteroatoms. The lowest BCUT2D eigenvalue weighted by Gasteiger charge is -2.13. The van der Waals surface area contributed by atoms with Gasteiger partial charge in [-0.2, -0.15) is 0 Å². The van der Waals surface area contributed by atoms with Crippen LogP contribution in [0.5, 0.6) is 0 Å². The summed E-state index contributed by atoms with van der Waals surface area (Å²) in [5, 5.41) is 0. The van der Waals surface area contributed by atoms with Crippen molar-refractivity contribution < 1.29 is 10.9 Å². The summed E-state index contributed by atoms with van der Waals surface area (Å²) in [7, 11) is 0. The van der Waals surface area contributed by atoms with Gasteiger partial charge in [0.1, 0.15) is 0 Å². The molecule has 1 aliphatic rings. The van der Waals surface area contributed by atoms with Crippen molar-refractivity contribution in [3.8, 4) is 0 Å². The van der Waals surface area contributed by atoms with Crippen molar-refractivity contribution in [2.45, 2.75) is 26.2 Å². The minimum absolute atomic E-state index is 0.289. The molecule has 0 atom stereocenters. The van der Waals surface area contributed by atoms with Crippen LogP contribution in [0.1, 0.15) is 27.6 Å². The molecule has 0 bridgehead atoms. The zero-order valence-corrected chi connectivity index (χ0v) is 6.14. The molecule has 0 spiro atoms. The molecular weight excluding hydrogens is 128 g/mol. The van der Waals surface area contributed by atoms with Crippen LogP contribution >= 0.6 is 0 Å². The van der Waals surface area contributed by atoms with Gasteiger partial charge in [-0.1, -0.05) is 13.0 Å². The maximum Gasteiger partial charge on any atom is 0.333 e. The molecule has 0 saturated carbocycles. The van der Waals surface area contributed by atoms with E-state index in [9.17, 15) is 4.79 Å². The summed E-state index contributed by atoms with van der Waals surface area (Å²) in [5.41, 5.74) is 0.568. The Labute approximate surface area is 62.3 Å². The predicted molar refractivity (Wildman–Crippen MR) is 38.6 cm³/mol. The quantitative estimate of drug-likeness (QED) is 0.410. The van der Waals surface area contributed by atoms with Crippen LogP contribution in [0.4, 0.5) is 0 Å². The van der Waals surface area contributed by atoms with E-state index >= 15 is 0 Å². The van der Waals surface area contributed by atoms with E-state index in [-0.39, 0.29) is 5.97 Å². The maximum atomic E-state index is 11.0. The van der Waals surface area contributed by atoms with E-state index in [1.807, 2.05) is 6.92 Å². The highest BCUT2D eigenvalue weighted by molar-refractivity contribution is 5.88. The van der Waals surface area contributed by atoms with E-state index in [2.05, 4.69) is 0 Å². The molecule has 0 amide bonds. The Kier molecular flexibility index (Phi) is 2.02. The van der Waals surface area contributed by atoms with Crippen molar-refractivity contribution in [1.29, 1.82) is 0 Å². The number of esters is 1. The number of hydrogen-bond donors (Lipinski definition) is 0. The Morgan fingerprint density at radius 1 is 1.90 bits per heavy atom. The summed E-state index contributed by atoms with van der Waals surface area (Å²) in [6.07, 6.45) is 2.19. The maximum absolute atomic E-state index is 11.0. The third-order valence-electron chi connectivity index (χ3n) is 1.44. The van der Waals surface area contributed by atoms with Crippen LogP contribution in [0, 0.1) is 0 Å². The van der Waals surface area contributed by atoms with Crippen LogP contribution in [0.25, 0.3) is 0 Å². The molecule has 1 aliphatic heterocycles. The standard InChI is InChI=1S/C8H12O2/c1-2-4-7-5-3-6-10-8(7)9/h4H,2-3,5-6H2,1H3/i4D. The van der Waals surface area contributed by atoms with E-state index in [4.69, 9.17) is 6.11 Å². The van der Waals surface area contributed by atoms with Gasteiger partial charge in [-0.15, -0.1) is 0 Å². The number of carbonyl (C=O) groups excluding carboxylic acids is 1. The first-order valence-corrected chi connectivity index (χ1v) is 3.61. The van der Waals surface area contributed by atoms with E-state index in [1.54, 1.807) is 0 Å². The fourth-order valence-corrected chi connectivity index (χ4v) is 0.977. The lowest BCUT2D eigenvalue weighted by atomic mass is 10.1. The van der Waals surface area contributed by atoms with Gasteiger partial charge < -0.3 is 4.74 Å². The summed E-state index contributed by atoms with van der Waals surface area (Å²) < 4.78 is 12.2. The van der Waals surface area contributed by atoms with E-state index < -0.39 is 0 Å². The highest BCUT2D eigenvalue weighted by Crippen LogP contribution is 2.13. The first-order valence-electron chi connectivity index (χ1n) is 4.11. The Morgan fingerprint density at radius 2 is 2.70 bits per heavy atom. The molecule has 1 rings (SSSR count). The fourth-order valence-electron chi connectivity index (χ4n) is 0.977. The fraction of sp³-hybridized carbons (Fsp3) is 0.625. The second-order valence-electron chi connectivity index (χ2n) is 2.25. The zero-order chi connectivity index (χ0) is 8.27. The Hall–Kier alpha value is -0.790. The number of hydrogen-bond acceptors (Lipinski definition) is 2. The Morgan fingerprint density at radius 3 is 3.30 bits per heavy atom. The largest absolute Gasteiger partial charge is 0.462 e. The first kappa shape index (κ1) is 5.96. The van der Waals surface area contributed by atoms with Crippen molar-refractivity contribution in [1.82, 2.24) is 0 Å². The van der Waals surface area contributed by atoms with Gasteiger partial charge in [0, 0.05) is 5.57 Å². The van der Waals surface area contributed by atoms with E-state index in [1.165, 1.54) is 0 Å². The first-order chi connectivity index (χ1) is 5.25. The monoisotopic (exact) mass is 141 g/mol. The summed E-state index contributed by atoms with van der Waals surface area (Å²) in [5.74, 6) is -0.289. The summed E-state index contributed by atoms with van der Waals surface area (Å²) in [6, 6.07) is 0.426. The van der Waals surface area contributed by atoms with Crippen LogP contribution in [-0.4, -0.2) is 12.6 Å². The number of ether oxygens (including phenoxy) is 1. The Balaban J connectivity index is 2.75. The van der Waals surface area contributed by atoms with Crippen LogP contribution < -0.4 is 0 Å². The third-order valence-corrected chi connectivity index (χ3v) is 1.44.